The summed E-state index contributed by atoms with van der Waals surface area (Å²) < 4.78 is 4.39. The summed E-state index contributed by atoms with van der Waals surface area (Å²) in [5.41, 5.74) is 11.3. The molecule has 0 radical (unpaired) electrons. The van der Waals surface area contributed by atoms with Crippen molar-refractivity contribution >= 4 is 49.3 Å². The molecule has 0 fully saturated rings. The van der Waals surface area contributed by atoms with Crippen molar-refractivity contribution in [3.05, 3.63) is 174 Å². The summed E-state index contributed by atoms with van der Waals surface area (Å²) in [5, 5.41) is 24.2. The Hall–Kier alpha value is -7.39. The van der Waals surface area contributed by atoms with Crippen LogP contribution in [-0.2, 0) is 0 Å². The number of nitriles is 2. The zero-order chi connectivity index (χ0) is 33.8. The van der Waals surface area contributed by atoms with E-state index in [9.17, 15) is 10.5 Å². The Morgan fingerprint density at radius 3 is 1.92 bits per heavy atom. The van der Waals surface area contributed by atoms with Crippen LogP contribution in [0.2, 0.25) is 0 Å². The quantitative estimate of drug-likeness (QED) is 0.181. The van der Waals surface area contributed by atoms with Crippen molar-refractivity contribution in [2.45, 2.75) is 0 Å². The average Bonchev–Trinajstić information content (AvgIpc) is 3.70. The first-order valence-electron chi connectivity index (χ1n) is 16.3. The van der Waals surface area contributed by atoms with Crippen LogP contribution in [0.15, 0.2) is 152 Å². The minimum absolute atomic E-state index is 0.557. The summed E-state index contributed by atoms with van der Waals surface area (Å²) in [6, 6.07) is 55.5. The molecule has 0 unspecified atom stereocenters. The van der Waals surface area contributed by atoms with Gasteiger partial charge in [-0.1, -0.05) is 91.0 Å². The zero-order valence-corrected chi connectivity index (χ0v) is 26.7. The number of para-hydroxylation sites is 3. The van der Waals surface area contributed by atoms with Crippen molar-refractivity contribution in [2.75, 3.05) is 0 Å². The van der Waals surface area contributed by atoms with Gasteiger partial charge >= 0.3 is 0 Å². The van der Waals surface area contributed by atoms with Crippen molar-refractivity contribution in [3.63, 3.8) is 0 Å². The summed E-state index contributed by atoms with van der Waals surface area (Å²) in [5.74, 6) is 0. The second kappa shape index (κ2) is 11.4. The van der Waals surface area contributed by atoms with Crippen LogP contribution in [0.5, 0.6) is 0 Å². The summed E-state index contributed by atoms with van der Waals surface area (Å²) in [7, 11) is 0. The van der Waals surface area contributed by atoms with E-state index in [0.717, 1.165) is 77.2 Å². The van der Waals surface area contributed by atoms with Gasteiger partial charge in [0.05, 0.1) is 57.6 Å². The van der Waals surface area contributed by atoms with E-state index in [1.165, 1.54) is 0 Å². The molecule has 0 atom stereocenters. The Labute approximate surface area is 288 Å². The number of hydrogen-bond acceptors (Lipinski definition) is 2. The lowest BCUT2D eigenvalue weighted by molar-refractivity contribution is 1.18. The second-order valence-electron chi connectivity index (χ2n) is 12.3. The lowest BCUT2D eigenvalue weighted by atomic mass is 9.94. The highest BCUT2D eigenvalue weighted by atomic mass is 15.0. The largest absolute Gasteiger partial charge is 0.318 e. The fourth-order valence-corrected chi connectivity index (χ4v) is 7.46. The molecular weight excluding hydrogens is 611 g/mol. The molecule has 0 saturated heterocycles. The Balaban J connectivity index is 1.24. The monoisotopic (exact) mass is 635 g/mol. The van der Waals surface area contributed by atoms with Crippen molar-refractivity contribution in [1.29, 1.82) is 10.5 Å². The SMILES string of the molecule is [C-]#[N+]c1cccc2c3ccccc3n(-c3cccc(C#N)c3-c3cccc(-c4cccc(-n5c6ccccc6c6cc(C#N)ccc65)c4)c3)c12. The Bertz CT molecular complexity index is 2970. The van der Waals surface area contributed by atoms with E-state index >= 15 is 0 Å². The molecule has 5 nitrogen and oxygen atoms in total. The standard InChI is InChI=1S/C45H25N5/c1-48-39-18-9-17-37-35-15-2-5-20-41(35)50(45(37)39)43-21-8-13-33(28-47)44(43)32-12-6-10-30(25-32)31-11-7-14-34(26-31)49-40-19-4-3-16-36(40)38-24-29(27-46)22-23-42(38)49/h2-26H. The molecule has 0 saturated carbocycles. The van der Waals surface area contributed by atoms with Gasteiger partial charge in [0.1, 0.15) is 0 Å². The van der Waals surface area contributed by atoms with Crippen LogP contribution in [-0.4, -0.2) is 9.13 Å². The molecular formula is C45H25N5. The predicted molar refractivity (Wildman–Crippen MR) is 202 cm³/mol. The first-order chi connectivity index (χ1) is 24.7. The van der Waals surface area contributed by atoms with E-state index in [4.69, 9.17) is 6.57 Å². The molecule has 0 aliphatic heterocycles. The topological polar surface area (TPSA) is 61.8 Å². The van der Waals surface area contributed by atoms with E-state index in [0.29, 0.717) is 16.8 Å². The molecule has 7 aromatic carbocycles. The second-order valence-corrected chi connectivity index (χ2v) is 12.3. The van der Waals surface area contributed by atoms with Crippen molar-refractivity contribution < 1.29 is 0 Å². The number of hydrogen-bond donors (Lipinski definition) is 0. The molecule has 0 bridgehead atoms. The third-order valence-electron chi connectivity index (χ3n) is 9.59. The van der Waals surface area contributed by atoms with Gasteiger partial charge in [0, 0.05) is 27.4 Å². The van der Waals surface area contributed by atoms with E-state index < -0.39 is 0 Å². The highest BCUT2D eigenvalue weighted by Gasteiger charge is 2.20. The van der Waals surface area contributed by atoms with Gasteiger partial charge in [0.15, 0.2) is 0 Å². The fraction of sp³-hybridized carbons (Fsp3) is 0. The van der Waals surface area contributed by atoms with Crippen LogP contribution in [0, 0.1) is 29.2 Å². The number of rotatable bonds is 4. The first-order valence-corrected chi connectivity index (χ1v) is 16.3. The van der Waals surface area contributed by atoms with E-state index in [2.05, 4.69) is 98.9 Å². The maximum absolute atomic E-state index is 10.4. The molecule has 0 aliphatic carbocycles. The van der Waals surface area contributed by atoms with Gasteiger partial charge in [-0.15, -0.1) is 0 Å². The molecule has 50 heavy (non-hydrogen) atoms. The van der Waals surface area contributed by atoms with Crippen LogP contribution in [0.4, 0.5) is 5.69 Å². The molecule has 0 N–H and O–H groups in total. The maximum Gasteiger partial charge on any atom is 0.211 e. The van der Waals surface area contributed by atoms with Crippen LogP contribution >= 0.6 is 0 Å². The normalized spacial score (nSPS) is 11.1. The maximum atomic E-state index is 10.4. The van der Waals surface area contributed by atoms with Gasteiger partial charge in [0.25, 0.3) is 0 Å². The Morgan fingerprint density at radius 2 is 1.14 bits per heavy atom. The van der Waals surface area contributed by atoms with E-state index in [-0.39, 0.29) is 0 Å². The molecule has 0 amide bonds. The third kappa shape index (κ3) is 4.31. The van der Waals surface area contributed by atoms with E-state index in [1.807, 2.05) is 78.9 Å². The van der Waals surface area contributed by atoms with Gasteiger partial charge in [-0.05, 0) is 82.7 Å². The van der Waals surface area contributed by atoms with Crippen LogP contribution in [0.25, 0.3) is 82.1 Å². The van der Waals surface area contributed by atoms with Gasteiger partial charge < -0.3 is 9.13 Å². The van der Waals surface area contributed by atoms with Gasteiger partial charge in [-0.25, -0.2) is 4.85 Å². The average molecular weight is 636 g/mol. The van der Waals surface area contributed by atoms with Crippen LogP contribution in [0.3, 0.4) is 0 Å². The lowest BCUT2D eigenvalue weighted by Crippen LogP contribution is -2.00. The number of fused-ring (bicyclic) bond motifs is 6. The smallest absolute Gasteiger partial charge is 0.211 e. The lowest BCUT2D eigenvalue weighted by Gasteiger charge is -2.17. The molecule has 5 heteroatoms. The highest BCUT2D eigenvalue weighted by Crippen LogP contribution is 2.42. The molecule has 0 aliphatic rings. The Morgan fingerprint density at radius 1 is 0.500 bits per heavy atom. The summed E-state index contributed by atoms with van der Waals surface area (Å²) in [6.07, 6.45) is 0. The van der Waals surface area contributed by atoms with Gasteiger partial charge in [-0.2, -0.15) is 10.5 Å². The molecule has 230 valence electrons. The van der Waals surface area contributed by atoms with Crippen molar-refractivity contribution in [3.8, 4) is 45.8 Å². The van der Waals surface area contributed by atoms with E-state index in [1.54, 1.807) is 0 Å². The molecule has 2 heterocycles. The van der Waals surface area contributed by atoms with Gasteiger partial charge in [-0.3, -0.25) is 0 Å². The Kier molecular flexibility index (Phi) is 6.56. The summed E-state index contributed by atoms with van der Waals surface area (Å²) in [6.45, 7) is 8.00. The predicted octanol–water partition coefficient (Wildman–Crippen LogP) is 11.5. The minimum Gasteiger partial charge on any atom is -0.318 e. The first kappa shape index (κ1) is 28.8. The summed E-state index contributed by atoms with van der Waals surface area (Å²) in [4.78, 5) is 3.90. The van der Waals surface area contributed by atoms with Crippen LogP contribution in [0.1, 0.15) is 11.1 Å². The molecule has 9 rings (SSSR count). The number of benzene rings is 7. The highest BCUT2D eigenvalue weighted by molar-refractivity contribution is 6.14. The van der Waals surface area contributed by atoms with Crippen molar-refractivity contribution in [2.24, 2.45) is 0 Å². The molecule has 0 spiro atoms. The van der Waals surface area contributed by atoms with Crippen molar-refractivity contribution in [1.82, 2.24) is 9.13 Å². The van der Waals surface area contributed by atoms with Gasteiger partial charge in [0.2, 0.25) is 5.69 Å². The van der Waals surface area contributed by atoms with Crippen LogP contribution < -0.4 is 0 Å². The molecule has 9 aromatic rings. The zero-order valence-electron chi connectivity index (χ0n) is 26.7. The fourth-order valence-electron chi connectivity index (χ4n) is 7.46. The minimum atomic E-state index is 0.557. The molecule has 2 aromatic heterocycles. The third-order valence-corrected chi connectivity index (χ3v) is 9.59. The number of aromatic nitrogens is 2. The number of nitrogens with zero attached hydrogens (tertiary/aromatic N) is 5. The summed E-state index contributed by atoms with van der Waals surface area (Å²) >= 11 is 0.